The van der Waals surface area contributed by atoms with Crippen LogP contribution in [0.25, 0.3) is 0 Å². The normalized spacial score (nSPS) is 17.7. The summed E-state index contributed by atoms with van der Waals surface area (Å²) in [5, 5.41) is 15.0. The van der Waals surface area contributed by atoms with Crippen LogP contribution in [-0.2, 0) is 13.0 Å². The van der Waals surface area contributed by atoms with Gasteiger partial charge in [-0.25, -0.2) is 4.68 Å². The van der Waals surface area contributed by atoms with Crippen molar-refractivity contribution in [3.8, 4) is 0 Å². The van der Waals surface area contributed by atoms with Crippen LogP contribution in [0.1, 0.15) is 59.5 Å². The second-order valence-electron chi connectivity index (χ2n) is 8.21. The van der Waals surface area contributed by atoms with Crippen LogP contribution in [0.5, 0.6) is 0 Å². The molecule has 1 atom stereocenters. The average molecular weight is 469 g/mol. The number of nitrogens with zero attached hydrogens (tertiary/aromatic N) is 4. The molecule has 1 fully saturated rings. The number of piperidine rings is 1. The first-order chi connectivity index (χ1) is 14.2. The van der Waals surface area contributed by atoms with E-state index < -0.39 is 0 Å². The van der Waals surface area contributed by atoms with Gasteiger partial charge in [-0.15, -0.1) is 29.9 Å². The molecule has 1 aromatic heterocycles. The van der Waals surface area contributed by atoms with Gasteiger partial charge < -0.3 is 10.6 Å². The van der Waals surface area contributed by atoms with Crippen molar-refractivity contribution in [3.63, 3.8) is 0 Å². The van der Waals surface area contributed by atoms with Crippen molar-refractivity contribution >= 4 is 30.7 Å². The number of hydrogen-bond donors (Lipinski definition) is 2. The zero-order valence-corrected chi connectivity index (χ0v) is 20.0. The molecule has 7 nitrogen and oxygen atoms in total. The number of carbonyl (C=O) groups is 1. The van der Waals surface area contributed by atoms with Gasteiger partial charge in [0, 0.05) is 25.7 Å². The van der Waals surface area contributed by atoms with Gasteiger partial charge in [-0.3, -0.25) is 9.69 Å². The number of carbonyl (C=O) groups excluding carboxylic acids is 1. The number of halogens is 2. The first-order valence-corrected chi connectivity index (χ1v) is 10.9. The predicted octanol–water partition coefficient (Wildman–Crippen LogP) is 2.92. The summed E-state index contributed by atoms with van der Waals surface area (Å²) in [5.74, 6) is -0.112. The molecule has 3 heterocycles. The Bertz CT molecular complexity index is 852. The number of rotatable bonds is 6. The summed E-state index contributed by atoms with van der Waals surface area (Å²) >= 11 is 0. The maximum atomic E-state index is 12.8. The Morgan fingerprint density at radius 3 is 2.65 bits per heavy atom. The van der Waals surface area contributed by atoms with Crippen LogP contribution in [0.15, 0.2) is 24.3 Å². The molecule has 0 saturated carbocycles. The number of amides is 1. The van der Waals surface area contributed by atoms with Gasteiger partial charge in [0.2, 0.25) is 0 Å². The Morgan fingerprint density at radius 1 is 1.23 bits per heavy atom. The maximum Gasteiger partial charge on any atom is 0.273 e. The summed E-state index contributed by atoms with van der Waals surface area (Å²) in [6, 6.07) is 9.33. The largest absolute Gasteiger partial charge is 0.349 e. The molecule has 0 spiro atoms. The highest BCUT2D eigenvalue weighted by atomic mass is 35.5. The van der Waals surface area contributed by atoms with Gasteiger partial charge in [-0.2, -0.15) is 0 Å². The van der Waals surface area contributed by atoms with E-state index in [2.05, 4.69) is 57.0 Å². The minimum Gasteiger partial charge on any atom is -0.349 e. The minimum atomic E-state index is -0.112. The van der Waals surface area contributed by atoms with Crippen molar-refractivity contribution in [2.75, 3.05) is 26.2 Å². The van der Waals surface area contributed by atoms with Crippen molar-refractivity contribution in [2.24, 2.45) is 0 Å². The Kier molecular flexibility index (Phi) is 9.75. The van der Waals surface area contributed by atoms with Gasteiger partial charge in [-0.1, -0.05) is 36.4 Å². The zero-order valence-electron chi connectivity index (χ0n) is 18.3. The van der Waals surface area contributed by atoms with E-state index >= 15 is 0 Å². The van der Waals surface area contributed by atoms with Gasteiger partial charge in [0.1, 0.15) is 0 Å². The van der Waals surface area contributed by atoms with Gasteiger partial charge in [0.05, 0.1) is 11.7 Å². The van der Waals surface area contributed by atoms with E-state index in [0.717, 1.165) is 57.6 Å². The van der Waals surface area contributed by atoms with Crippen LogP contribution in [0.2, 0.25) is 0 Å². The van der Waals surface area contributed by atoms with E-state index in [1.807, 2.05) is 11.6 Å². The Morgan fingerprint density at radius 2 is 1.94 bits per heavy atom. The lowest BCUT2D eigenvalue weighted by molar-refractivity contribution is 0.0920. The standard InChI is InChI=1S/C22H32N6O.2ClH/c1-3-19(27-13-10-17-6-4-5-7-18(17)15-27)14-24-22(29)21-16(2)28(26-25-21)20-8-11-23-12-9-20;;/h4-7,19-20,23H,3,8-15H2,1-2H3,(H,24,29);2*1H. The predicted molar refractivity (Wildman–Crippen MR) is 127 cm³/mol. The molecule has 1 unspecified atom stereocenters. The molecular weight excluding hydrogens is 435 g/mol. The first kappa shape index (κ1) is 25.6. The molecule has 2 N–H and O–H groups in total. The lowest BCUT2D eigenvalue weighted by Gasteiger charge is -2.35. The molecule has 172 valence electrons. The fourth-order valence-corrected chi connectivity index (χ4v) is 4.60. The molecule has 2 aromatic rings. The van der Waals surface area contributed by atoms with E-state index in [1.165, 1.54) is 11.1 Å². The fourth-order valence-electron chi connectivity index (χ4n) is 4.60. The molecule has 2 aliphatic rings. The van der Waals surface area contributed by atoms with E-state index in [-0.39, 0.29) is 30.7 Å². The monoisotopic (exact) mass is 468 g/mol. The fraction of sp³-hybridized carbons (Fsp3) is 0.591. The van der Waals surface area contributed by atoms with Crippen molar-refractivity contribution < 1.29 is 4.79 Å². The highest BCUT2D eigenvalue weighted by Gasteiger charge is 2.25. The maximum absolute atomic E-state index is 12.8. The SMILES string of the molecule is CCC(CNC(=O)c1nnn(C2CCNCC2)c1C)N1CCc2ccccc2C1.Cl.Cl. The number of aromatic nitrogens is 3. The van der Waals surface area contributed by atoms with E-state index in [9.17, 15) is 4.79 Å². The summed E-state index contributed by atoms with van der Waals surface area (Å²) in [5.41, 5.74) is 4.19. The molecule has 4 rings (SSSR count). The van der Waals surface area contributed by atoms with Crippen LogP contribution in [0.3, 0.4) is 0 Å². The molecule has 1 amide bonds. The number of nitrogens with one attached hydrogen (secondary N) is 2. The molecule has 31 heavy (non-hydrogen) atoms. The minimum absolute atomic E-state index is 0. The highest BCUT2D eigenvalue weighted by molar-refractivity contribution is 5.93. The molecule has 1 saturated heterocycles. The van der Waals surface area contributed by atoms with Crippen LogP contribution in [-0.4, -0.2) is 58.0 Å². The average Bonchev–Trinajstić information content (AvgIpc) is 3.16. The molecule has 2 aliphatic heterocycles. The van der Waals surface area contributed by atoms with E-state index in [1.54, 1.807) is 0 Å². The molecule has 0 aliphatic carbocycles. The van der Waals surface area contributed by atoms with Crippen molar-refractivity contribution in [2.45, 2.75) is 58.2 Å². The summed E-state index contributed by atoms with van der Waals surface area (Å²) in [7, 11) is 0. The Hall–Kier alpha value is -1.67. The summed E-state index contributed by atoms with van der Waals surface area (Å²) in [6.07, 6.45) is 4.13. The lowest BCUT2D eigenvalue weighted by atomic mass is 9.98. The molecular formula is C22H34Cl2N6O. The smallest absolute Gasteiger partial charge is 0.273 e. The second kappa shape index (κ2) is 11.8. The van der Waals surface area contributed by atoms with E-state index in [4.69, 9.17) is 0 Å². The third kappa shape index (κ3) is 5.77. The summed E-state index contributed by atoms with van der Waals surface area (Å²) in [6.45, 7) is 8.75. The summed E-state index contributed by atoms with van der Waals surface area (Å²) in [4.78, 5) is 15.3. The lowest BCUT2D eigenvalue weighted by Crippen LogP contribution is -2.45. The van der Waals surface area contributed by atoms with Crippen molar-refractivity contribution in [3.05, 3.63) is 46.8 Å². The molecule has 9 heteroatoms. The summed E-state index contributed by atoms with van der Waals surface area (Å²) < 4.78 is 1.94. The molecule has 0 bridgehead atoms. The number of fused-ring (bicyclic) bond motifs is 1. The topological polar surface area (TPSA) is 75.1 Å². The third-order valence-corrected chi connectivity index (χ3v) is 6.44. The van der Waals surface area contributed by atoms with Crippen LogP contribution in [0, 0.1) is 6.92 Å². The second-order valence-corrected chi connectivity index (χ2v) is 8.21. The van der Waals surface area contributed by atoms with Gasteiger partial charge in [0.15, 0.2) is 5.69 Å². The Balaban J connectivity index is 0.00000171. The number of hydrogen-bond acceptors (Lipinski definition) is 5. The number of benzene rings is 1. The van der Waals surface area contributed by atoms with E-state index in [0.29, 0.717) is 24.3 Å². The van der Waals surface area contributed by atoms with Crippen LogP contribution < -0.4 is 10.6 Å². The zero-order chi connectivity index (χ0) is 20.2. The van der Waals surface area contributed by atoms with Crippen LogP contribution >= 0.6 is 24.8 Å². The van der Waals surface area contributed by atoms with Crippen molar-refractivity contribution in [1.29, 1.82) is 0 Å². The Labute approximate surface area is 197 Å². The first-order valence-electron chi connectivity index (χ1n) is 10.9. The van der Waals surface area contributed by atoms with Gasteiger partial charge >= 0.3 is 0 Å². The third-order valence-electron chi connectivity index (χ3n) is 6.44. The molecule has 1 aromatic carbocycles. The molecule has 0 radical (unpaired) electrons. The highest BCUT2D eigenvalue weighted by Crippen LogP contribution is 2.22. The van der Waals surface area contributed by atoms with Gasteiger partial charge in [-0.05, 0) is 56.8 Å². The quantitative estimate of drug-likeness (QED) is 0.681. The van der Waals surface area contributed by atoms with Gasteiger partial charge in [0.25, 0.3) is 5.91 Å². The van der Waals surface area contributed by atoms with Crippen LogP contribution in [0.4, 0.5) is 0 Å². The van der Waals surface area contributed by atoms with Crippen molar-refractivity contribution in [1.82, 2.24) is 30.5 Å².